The SMILES string of the molecule is O=C(Cn1c(=O)n(CCc2cccs2)c(=O)c2sccc21)NC1CCCC1. The van der Waals surface area contributed by atoms with Gasteiger partial charge in [0.05, 0.1) is 5.52 Å². The van der Waals surface area contributed by atoms with Crippen molar-refractivity contribution in [3.05, 3.63) is 54.7 Å². The molecule has 0 spiro atoms. The van der Waals surface area contributed by atoms with Gasteiger partial charge in [0, 0.05) is 17.5 Å². The number of amides is 1. The first-order chi connectivity index (χ1) is 13.1. The number of aromatic nitrogens is 2. The highest BCUT2D eigenvalue weighted by atomic mass is 32.1. The lowest BCUT2D eigenvalue weighted by Crippen LogP contribution is -2.43. The number of nitrogens with zero attached hydrogens (tertiary/aromatic N) is 2. The quantitative estimate of drug-likeness (QED) is 0.688. The number of thiophene rings is 2. The monoisotopic (exact) mass is 403 g/mol. The van der Waals surface area contributed by atoms with Gasteiger partial charge in [0.25, 0.3) is 5.56 Å². The molecule has 1 N–H and O–H groups in total. The fourth-order valence-corrected chi connectivity index (χ4v) is 5.19. The number of nitrogens with one attached hydrogen (secondary N) is 1. The summed E-state index contributed by atoms with van der Waals surface area (Å²) in [5.74, 6) is -0.167. The summed E-state index contributed by atoms with van der Waals surface area (Å²) in [6.07, 6.45) is 4.88. The number of aryl methyl sites for hydroxylation is 1. The summed E-state index contributed by atoms with van der Waals surface area (Å²) in [6, 6.07) is 5.90. The Morgan fingerprint density at radius 1 is 1.11 bits per heavy atom. The molecule has 1 fully saturated rings. The van der Waals surface area contributed by atoms with Gasteiger partial charge in [-0.15, -0.1) is 22.7 Å². The van der Waals surface area contributed by atoms with Gasteiger partial charge >= 0.3 is 5.69 Å². The summed E-state index contributed by atoms with van der Waals surface area (Å²) in [5, 5.41) is 6.79. The summed E-state index contributed by atoms with van der Waals surface area (Å²) in [5.41, 5.74) is -0.137. The van der Waals surface area contributed by atoms with E-state index < -0.39 is 5.69 Å². The lowest BCUT2D eigenvalue weighted by Gasteiger charge is -2.15. The van der Waals surface area contributed by atoms with Crippen LogP contribution in [0.25, 0.3) is 10.2 Å². The minimum absolute atomic E-state index is 0.0537. The molecule has 0 atom stereocenters. The molecule has 3 heterocycles. The van der Waals surface area contributed by atoms with Crippen LogP contribution in [0.3, 0.4) is 0 Å². The Hall–Kier alpha value is -2.19. The van der Waals surface area contributed by atoms with E-state index in [-0.39, 0.29) is 24.1 Å². The number of carbonyl (C=O) groups excluding carboxylic acids is 1. The smallest absolute Gasteiger partial charge is 0.332 e. The maximum absolute atomic E-state index is 13.0. The largest absolute Gasteiger partial charge is 0.352 e. The topological polar surface area (TPSA) is 73.1 Å². The van der Waals surface area contributed by atoms with Crippen LogP contribution in [0, 0.1) is 0 Å². The molecule has 0 bridgehead atoms. The molecule has 142 valence electrons. The van der Waals surface area contributed by atoms with Crippen molar-refractivity contribution in [2.75, 3.05) is 0 Å². The molecule has 0 aliphatic heterocycles. The van der Waals surface area contributed by atoms with Gasteiger partial charge in [-0.2, -0.15) is 0 Å². The normalized spacial score (nSPS) is 14.8. The van der Waals surface area contributed by atoms with Crippen molar-refractivity contribution >= 4 is 38.8 Å². The van der Waals surface area contributed by atoms with Crippen molar-refractivity contribution < 1.29 is 4.79 Å². The van der Waals surface area contributed by atoms with E-state index in [9.17, 15) is 14.4 Å². The predicted octanol–water partition coefficient (Wildman–Crippen LogP) is 2.59. The molecule has 1 saturated carbocycles. The van der Waals surface area contributed by atoms with E-state index in [1.807, 2.05) is 17.5 Å². The zero-order valence-corrected chi connectivity index (χ0v) is 16.5. The Morgan fingerprint density at radius 3 is 2.67 bits per heavy atom. The number of fused-ring (bicyclic) bond motifs is 1. The van der Waals surface area contributed by atoms with Crippen molar-refractivity contribution in [1.29, 1.82) is 0 Å². The molecule has 3 aromatic rings. The second-order valence-corrected chi connectivity index (χ2v) is 8.79. The van der Waals surface area contributed by atoms with E-state index in [0.717, 1.165) is 30.6 Å². The first-order valence-corrected chi connectivity index (χ1v) is 10.9. The standard InChI is InChI=1S/C19H21N3O3S2/c23-16(20-13-4-1-2-5-13)12-22-15-8-11-27-17(15)18(24)21(19(22)25)9-7-14-6-3-10-26-14/h3,6,8,10-11,13H,1-2,4-5,7,9,12H2,(H,20,23). The lowest BCUT2D eigenvalue weighted by molar-refractivity contribution is -0.122. The van der Waals surface area contributed by atoms with Crippen LogP contribution in [0.4, 0.5) is 0 Å². The Kier molecular flexibility index (Phi) is 5.27. The van der Waals surface area contributed by atoms with Crippen LogP contribution in [0.2, 0.25) is 0 Å². The Labute approximate surface area is 164 Å². The predicted molar refractivity (Wildman–Crippen MR) is 109 cm³/mol. The summed E-state index contributed by atoms with van der Waals surface area (Å²) < 4.78 is 3.22. The first kappa shape index (κ1) is 18.2. The molecule has 1 aliphatic rings. The van der Waals surface area contributed by atoms with Crippen LogP contribution in [0.5, 0.6) is 0 Å². The average molecular weight is 404 g/mol. The molecule has 0 radical (unpaired) electrons. The van der Waals surface area contributed by atoms with E-state index in [1.54, 1.807) is 22.8 Å². The van der Waals surface area contributed by atoms with Crippen LogP contribution in [0.15, 0.2) is 38.5 Å². The van der Waals surface area contributed by atoms with E-state index in [0.29, 0.717) is 23.2 Å². The van der Waals surface area contributed by atoms with Gasteiger partial charge in [-0.1, -0.05) is 18.9 Å². The van der Waals surface area contributed by atoms with Gasteiger partial charge in [0.1, 0.15) is 11.2 Å². The van der Waals surface area contributed by atoms with Crippen molar-refractivity contribution in [3.8, 4) is 0 Å². The molecule has 6 nitrogen and oxygen atoms in total. The summed E-state index contributed by atoms with van der Waals surface area (Å²) in [4.78, 5) is 39.3. The Bertz CT molecular complexity index is 1060. The van der Waals surface area contributed by atoms with Crippen LogP contribution < -0.4 is 16.6 Å². The zero-order valence-electron chi connectivity index (χ0n) is 14.8. The summed E-state index contributed by atoms with van der Waals surface area (Å²) in [7, 11) is 0. The lowest BCUT2D eigenvalue weighted by atomic mass is 10.2. The molecular formula is C19H21N3O3S2. The fourth-order valence-electron chi connectivity index (χ4n) is 3.65. The second-order valence-electron chi connectivity index (χ2n) is 6.84. The molecule has 27 heavy (non-hydrogen) atoms. The van der Waals surface area contributed by atoms with Gasteiger partial charge in [0.15, 0.2) is 0 Å². The number of hydrogen-bond acceptors (Lipinski definition) is 5. The minimum Gasteiger partial charge on any atom is -0.352 e. The van der Waals surface area contributed by atoms with Gasteiger partial charge < -0.3 is 5.32 Å². The minimum atomic E-state index is -0.413. The molecule has 1 amide bonds. The molecule has 0 unspecified atom stereocenters. The van der Waals surface area contributed by atoms with E-state index in [1.165, 1.54) is 20.5 Å². The Morgan fingerprint density at radius 2 is 1.93 bits per heavy atom. The van der Waals surface area contributed by atoms with Crippen molar-refractivity contribution in [2.24, 2.45) is 0 Å². The second kappa shape index (κ2) is 7.82. The number of carbonyl (C=O) groups is 1. The fraction of sp³-hybridized carbons (Fsp3) is 0.421. The van der Waals surface area contributed by atoms with Crippen molar-refractivity contribution in [2.45, 2.75) is 51.2 Å². The highest BCUT2D eigenvalue weighted by Crippen LogP contribution is 2.18. The van der Waals surface area contributed by atoms with Gasteiger partial charge in [0.2, 0.25) is 5.91 Å². The third kappa shape index (κ3) is 3.77. The van der Waals surface area contributed by atoms with Crippen LogP contribution in [0.1, 0.15) is 30.6 Å². The highest BCUT2D eigenvalue weighted by molar-refractivity contribution is 7.17. The highest BCUT2D eigenvalue weighted by Gasteiger charge is 2.20. The zero-order chi connectivity index (χ0) is 18.8. The van der Waals surface area contributed by atoms with Crippen LogP contribution >= 0.6 is 22.7 Å². The average Bonchev–Trinajstić information content (AvgIpc) is 3.40. The van der Waals surface area contributed by atoms with Crippen LogP contribution in [-0.2, 0) is 24.3 Å². The van der Waals surface area contributed by atoms with Gasteiger partial charge in [-0.05, 0) is 42.2 Å². The first-order valence-electron chi connectivity index (χ1n) is 9.16. The third-order valence-corrected chi connectivity index (χ3v) is 6.85. The maximum Gasteiger partial charge on any atom is 0.332 e. The van der Waals surface area contributed by atoms with Crippen LogP contribution in [-0.4, -0.2) is 21.1 Å². The van der Waals surface area contributed by atoms with E-state index in [4.69, 9.17) is 0 Å². The summed E-state index contributed by atoms with van der Waals surface area (Å²) in [6.45, 7) is 0.262. The van der Waals surface area contributed by atoms with E-state index >= 15 is 0 Å². The van der Waals surface area contributed by atoms with Gasteiger partial charge in [-0.3, -0.25) is 18.7 Å². The number of rotatable bonds is 6. The molecule has 1 aliphatic carbocycles. The number of hydrogen-bond donors (Lipinski definition) is 1. The van der Waals surface area contributed by atoms with E-state index in [2.05, 4.69) is 5.32 Å². The Balaban J connectivity index is 1.64. The van der Waals surface area contributed by atoms with Crippen molar-refractivity contribution in [3.63, 3.8) is 0 Å². The molecule has 3 aromatic heterocycles. The third-order valence-electron chi connectivity index (χ3n) is 5.02. The molecule has 4 rings (SSSR count). The van der Waals surface area contributed by atoms with Gasteiger partial charge in [-0.25, -0.2) is 4.79 Å². The summed E-state index contributed by atoms with van der Waals surface area (Å²) >= 11 is 2.92. The molecule has 8 heteroatoms. The molecule has 0 saturated heterocycles. The van der Waals surface area contributed by atoms with Crippen molar-refractivity contribution in [1.82, 2.24) is 14.5 Å². The molecular weight excluding hydrogens is 382 g/mol. The molecule has 0 aromatic carbocycles. The maximum atomic E-state index is 13.0.